The van der Waals surface area contributed by atoms with E-state index in [4.69, 9.17) is 14.2 Å². The molecule has 0 bridgehead atoms. The second-order valence-corrected chi connectivity index (χ2v) is 9.74. The van der Waals surface area contributed by atoms with Gasteiger partial charge in [0.15, 0.2) is 5.79 Å². The quantitative estimate of drug-likeness (QED) is 0.686. The molecule has 3 fully saturated rings. The van der Waals surface area contributed by atoms with E-state index in [-0.39, 0.29) is 5.79 Å². The zero-order valence-electron chi connectivity index (χ0n) is 17.8. The molecular weight excluding hydrogens is 326 g/mol. The van der Waals surface area contributed by atoms with Crippen LogP contribution in [0.25, 0.3) is 0 Å². The minimum Gasteiger partial charge on any atom is -0.373 e. The number of morpholine rings is 1. The predicted molar refractivity (Wildman–Crippen MR) is 105 cm³/mol. The van der Waals surface area contributed by atoms with Crippen molar-refractivity contribution in [1.29, 1.82) is 0 Å². The van der Waals surface area contributed by atoms with Crippen LogP contribution in [0.4, 0.5) is 0 Å². The molecule has 3 atom stereocenters. The molecule has 0 aromatic rings. The summed E-state index contributed by atoms with van der Waals surface area (Å²) in [5, 5.41) is 0. The van der Waals surface area contributed by atoms with Gasteiger partial charge in [0.2, 0.25) is 0 Å². The van der Waals surface area contributed by atoms with Crippen LogP contribution in [-0.2, 0) is 14.2 Å². The Balaban J connectivity index is 1.38. The molecule has 1 saturated carbocycles. The highest BCUT2D eigenvalue weighted by molar-refractivity contribution is 4.89. The summed E-state index contributed by atoms with van der Waals surface area (Å²) in [6.45, 7) is 15.6. The van der Waals surface area contributed by atoms with Crippen LogP contribution in [-0.4, -0.2) is 55.2 Å². The number of rotatable bonds is 6. The first-order valence-electron chi connectivity index (χ1n) is 11.0. The highest BCUT2D eigenvalue weighted by Gasteiger charge is 2.46. The summed E-state index contributed by atoms with van der Waals surface area (Å²) in [6.07, 6.45) is 9.22. The lowest BCUT2D eigenvalue weighted by molar-refractivity contribution is -0.197. The fourth-order valence-corrected chi connectivity index (χ4v) is 5.16. The molecule has 26 heavy (non-hydrogen) atoms. The number of hydrogen-bond acceptors (Lipinski definition) is 4. The van der Waals surface area contributed by atoms with Crippen LogP contribution >= 0.6 is 0 Å². The molecule has 2 aliphatic heterocycles. The Hall–Kier alpha value is -0.160. The molecule has 3 rings (SSSR count). The zero-order chi connectivity index (χ0) is 18.8. The average molecular weight is 368 g/mol. The molecular formula is C22H41NO3. The molecule has 3 unspecified atom stereocenters. The maximum Gasteiger partial charge on any atom is 0.168 e. The summed E-state index contributed by atoms with van der Waals surface area (Å²) in [6, 6.07) is 0. The van der Waals surface area contributed by atoms with Crippen LogP contribution in [0.1, 0.15) is 79.6 Å². The van der Waals surface area contributed by atoms with Gasteiger partial charge < -0.3 is 14.2 Å². The van der Waals surface area contributed by atoms with Gasteiger partial charge in [0.1, 0.15) is 0 Å². The molecule has 3 aliphatic rings. The van der Waals surface area contributed by atoms with Gasteiger partial charge >= 0.3 is 0 Å². The lowest BCUT2D eigenvalue weighted by Crippen LogP contribution is -2.45. The Morgan fingerprint density at radius 3 is 2.35 bits per heavy atom. The summed E-state index contributed by atoms with van der Waals surface area (Å²) in [5.41, 5.74) is 0.450. The highest BCUT2D eigenvalue weighted by atomic mass is 16.7. The summed E-state index contributed by atoms with van der Waals surface area (Å²) in [5.74, 6) is 0.558. The molecule has 4 nitrogen and oxygen atoms in total. The maximum atomic E-state index is 6.45. The molecule has 1 aliphatic carbocycles. The first-order valence-corrected chi connectivity index (χ1v) is 11.0. The molecule has 4 heteroatoms. The molecule has 152 valence electrons. The standard InChI is InChI=1S/C22H41NO3/c1-6-21(4,5)19-9-11-22(12-10-19)24-16-20(26-22)8-7-13-23-14-17(2)25-18(3)15-23/h17-20H,6-16H2,1-5H3. The summed E-state index contributed by atoms with van der Waals surface area (Å²) < 4.78 is 18.5. The molecule has 0 radical (unpaired) electrons. The van der Waals surface area contributed by atoms with E-state index in [1.165, 1.54) is 25.7 Å². The molecule has 0 aromatic carbocycles. The predicted octanol–water partition coefficient (Wildman–Crippen LogP) is 4.61. The zero-order valence-corrected chi connectivity index (χ0v) is 17.8. The van der Waals surface area contributed by atoms with E-state index >= 15 is 0 Å². The van der Waals surface area contributed by atoms with Crippen molar-refractivity contribution in [3.05, 3.63) is 0 Å². The van der Waals surface area contributed by atoms with Gasteiger partial charge in [0.05, 0.1) is 24.9 Å². The minimum absolute atomic E-state index is 0.257. The van der Waals surface area contributed by atoms with Gasteiger partial charge in [0.25, 0.3) is 0 Å². The molecule has 0 N–H and O–H groups in total. The van der Waals surface area contributed by atoms with Gasteiger partial charge in [-0.2, -0.15) is 0 Å². The first kappa shape index (κ1) is 20.6. The van der Waals surface area contributed by atoms with Crippen LogP contribution < -0.4 is 0 Å². The van der Waals surface area contributed by atoms with E-state index in [1.54, 1.807) is 0 Å². The van der Waals surface area contributed by atoms with Gasteiger partial charge in [-0.3, -0.25) is 4.90 Å². The smallest absolute Gasteiger partial charge is 0.168 e. The maximum absolute atomic E-state index is 6.45. The second kappa shape index (κ2) is 8.46. The van der Waals surface area contributed by atoms with Gasteiger partial charge in [-0.15, -0.1) is 0 Å². The first-order chi connectivity index (χ1) is 12.3. The molecule has 2 saturated heterocycles. The van der Waals surface area contributed by atoms with Crippen molar-refractivity contribution < 1.29 is 14.2 Å². The average Bonchev–Trinajstić information content (AvgIpc) is 2.97. The third kappa shape index (κ3) is 5.01. The van der Waals surface area contributed by atoms with Crippen molar-refractivity contribution >= 4 is 0 Å². The van der Waals surface area contributed by atoms with Gasteiger partial charge in [0, 0.05) is 25.9 Å². The van der Waals surface area contributed by atoms with E-state index in [0.717, 1.165) is 51.4 Å². The number of ether oxygens (including phenoxy) is 3. The Bertz CT molecular complexity index is 435. The van der Waals surface area contributed by atoms with Gasteiger partial charge in [-0.05, 0) is 57.4 Å². The summed E-state index contributed by atoms with van der Waals surface area (Å²) in [7, 11) is 0. The van der Waals surface area contributed by atoms with Gasteiger partial charge in [-0.25, -0.2) is 0 Å². The molecule has 1 spiro atoms. The van der Waals surface area contributed by atoms with Crippen LogP contribution in [0.15, 0.2) is 0 Å². The number of hydrogen-bond donors (Lipinski definition) is 0. The Morgan fingerprint density at radius 2 is 1.73 bits per heavy atom. The lowest BCUT2D eigenvalue weighted by Gasteiger charge is -2.42. The molecule has 2 heterocycles. The van der Waals surface area contributed by atoms with Crippen molar-refractivity contribution in [1.82, 2.24) is 4.90 Å². The van der Waals surface area contributed by atoms with Crippen molar-refractivity contribution in [2.45, 2.75) is 104 Å². The van der Waals surface area contributed by atoms with E-state index in [9.17, 15) is 0 Å². The molecule has 0 amide bonds. The van der Waals surface area contributed by atoms with E-state index in [0.29, 0.717) is 23.7 Å². The van der Waals surface area contributed by atoms with E-state index < -0.39 is 0 Å². The van der Waals surface area contributed by atoms with Gasteiger partial charge in [-0.1, -0.05) is 27.2 Å². The largest absolute Gasteiger partial charge is 0.373 e. The van der Waals surface area contributed by atoms with Crippen LogP contribution in [0.2, 0.25) is 0 Å². The normalized spacial score (nSPS) is 39.6. The van der Waals surface area contributed by atoms with Crippen LogP contribution in [0, 0.1) is 11.3 Å². The Labute approximate surface area is 160 Å². The topological polar surface area (TPSA) is 30.9 Å². The summed E-state index contributed by atoms with van der Waals surface area (Å²) >= 11 is 0. The third-order valence-electron chi connectivity index (χ3n) is 7.17. The Morgan fingerprint density at radius 1 is 1.08 bits per heavy atom. The third-order valence-corrected chi connectivity index (χ3v) is 7.17. The fraction of sp³-hybridized carbons (Fsp3) is 1.00. The van der Waals surface area contributed by atoms with Crippen molar-refractivity contribution in [3.8, 4) is 0 Å². The summed E-state index contributed by atoms with van der Waals surface area (Å²) in [4.78, 5) is 2.54. The highest BCUT2D eigenvalue weighted by Crippen LogP contribution is 2.47. The minimum atomic E-state index is -0.257. The lowest BCUT2D eigenvalue weighted by atomic mass is 9.68. The second-order valence-electron chi connectivity index (χ2n) is 9.74. The number of nitrogens with zero attached hydrogens (tertiary/aromatic N) is 1. The molecule has 0 aromatic heterocycles. The van der Waals surface area contributed by atoms with E-state index in [1.807, 2.05) is 0 Å². The van der Waals surface area contributed by atoms with Crippen molar-refractivity contribution in [2.75, 3.05) is 26.2 Å². The van der Waals surface area contributed by atoms with Crippen LogP contribution in [0.5, 0.6) is 0 Å². The van der Waals surface area contributed by atoms with Crippen molar-refractivity contribution in [3.63, 3.8) is 0 Å². The van der Waals surface area contributed by atoms with E-state index in [2.05, 4.69) is 39.5 Å². The monoisotopic (exact) mass is 367 g/mol. The van der Waals surface area contributed by atoms with Crippen LogP contribution in [0.3, 0.4) is 0 Å². The van der Waals surface area contributed by atoms with Crippen molar-refractivity contribution in [2.24, 2.45) is 11.3 Å². The fourth-order valence-electron chi connectivity index (χ4n) is 5.16. The SMILES string of the molecule is CCC(C)(C)C1CCC2(CC1)OCC(CCCN1CC(C)OC(C)C1)O2. The Kier molecular flexibility index (Phi) is 6.70.